The predicted octanol–water partition coefficient (Wildman–Crippen LogP) is 3.48. The monoisotopic (exact) mass is 248 g/mol. The average molecular weight is 248 g/mol. The molecule has 0 radical (unpaired) electrons. The lowest BCUT2D eigenvalue weighted by Gasteiger charge is -2.36. The van der Waals surface area contributed by atoms with Gasteiger partial charge in [-0.25, -0.2) is 4.39 Å². The zero-order valence-electron chi connectivity index (χ0n) is 11.0. The van der Waals surface area contributed by atoms with Gasteiger partial charge in [-0.1, -0.05) is 12.5 Å². The summed E-state index contributed by atoms with van der Waals surface area (Å²) in [5, 5.41) is 9.87. The van der Waals surface area contributed by atoms with Crippen LogP contribution in [0.1, 0.15) is 36.8 Å². The van der Waals surface area contributed by atoms with E-state index < -0.39 is 0 Å². The van der Waals surface area contributed by atoms with Gasteiger partial charge >= 0.3 is 0 Å². The number of benzene rings is 1. The van der Waals surface area contributed by atoms with Crippen molar-refractivity contribution in [2.24, 2.45) is 17.3 Å². The molecule has 2 aliphatic carbocycles. The van der Waals surface area contributed by atoms with Gasteiger partial charge in [0.15, 0.2) is 0 Å². The quantitative estimate of drug-likeness (QED) is 0.868. The van der Waals surface area contributed by atoms with Crippen LogP contribution in [-0.2, 0) is 6.42 Å². The number of aliphatic hydroxyl groups is 1. The van der Waals surface area contributed by atoms with Crippen molar-refractivity contribution in [2.45, 2.75) is 39.0 Å². The molecule has 2 aliphatic rings. The van der Waals surface area contributed by atoms with Gasteiger partial charge in [0.1, 0.15) is 5.82 Å². The van der Waals surface area contributed by atoms with E-state index in [0.29, 0.717) is 5.92 Å². The van der Waals surface area contributed by atoms with E-state index in [2.05, 4.69) is 0 Å². The lowest BCUT2D eigenvalue weighted by Crippen LogP contribution is -2.34. The number of hydrogen-bond donors (Lipinski definition) is 1. The molecule has 2 heteroatoms. The zero-order chi connectivity index (χ0) is 12.8. The second-order valence-corrected chi connectivity index (χ2v) is 6.35. The fraction of sp³-hybridized carbons (Fsp3) is 0.625. The maximum atomic E-state index is 13.1. The molecule has 2 fully saturated rings. The first kappa shape index (κ1) is 12.2. The van der Waals surface area contributed by atoms with E-state index in [1.807, 2.05) is 13.0 Å². The minimum atomic E-state index is -0.165. The van der Waals surface area contributed by atoms with Crippen LogP contribution in [-0.4, -0.2) is 11.7 Å². The first-order chi connectivity index (χ1) is 8.63. The molecule has 0 spiro atoms. The highest BCUT2D eigenvalue weighted by atomic mass is 19.1. The van der Waals surface area contributed by atoms with E-state index in [-0.39, 0.29) is 17.8 Å². The van der Waals surface area contributed by atoms with Crippen molar-refractivity contribution >= 4 is 0 Å². The van der Waals surface area contributed by atoms with Crippen LogP contribution in [0.2, 0.25) is 0 Å². The van der Waals surface area contributed by atoms with Crippen LogP contribution >= 0.6 is 0 Å². The highest BCUT2D eigenvalue weighted by Gasteiger charge is 2.50. The van der Waals surface area contributed by atoms with Gasteiger partial charge < -0.3 is 5.11 Å². The first-order valence-electron chi connectivity index (χ1n) is 6.99. The molecule has 0 heterocycles. The average Bonchev–Trinajstić information content (AvgIpc) is 2.93. The van der Waals surface area contributed by atoms with E-state index in [9.17, 15) is 9.50 Å². The van der Waals surface area contributed by atoms with E-state index in [0.717, 1.165) is 24.3 Å². The predicted molar refractivity (Wildman–Crippen MR) is 69.8 cm³/mol. The van der Waals surface area contributed by atoms with Gasteiger partial charge in [-0.05, 0) is 67.7 Å². The molecule has 98 valence electrons. The van der Waals surface area contributed by atoms with Gasteiger partial charge in [-0.2, -0.15) is 0 Å². The van der Waals surface area contributed by atoms with Crippen LogP contribution in [0.4, 0.5) is 4.39 Å². The minimum absolute atomic E-state index is 0.0749. The fourth-order valence-electron chi connectivity index (χ4n) is 4.26. The zero-order valence-corrected chi connectivity index (χ0v) is 11.0. The third-order valence-corrected chi connectivity index (χ3v) is 5.26. The molecule has 18 heavy (non-hydrogen) atoms. The summed E-state index contributed by atoms with van der Waals surface area (Å²) in [4.78, 5) is 0. The van der Waals surface area contributed by atoms with E-state index in [1.54, 1.807) is 12.1 Å². The van der Waals surface area contributed by atoms with E-state index in [4.69, 9.17) is 0 Å². The summed E-state index contributed by atoms with van der Waals surface area (Å²) in [5.41, 5.74) is 2.30. The molecule has 0 aromatic heterocycles. The molecule has 3 rings (SSSR count). The summed E-state index contributed by atoms with van der Waals surface area (Å²) in [6.07, 6.45) is 5.98. The Hall–Kier alpha value is -0.890. The highest BCUT2D eigenvalue weighted by molar-refractivity contribution is 5.28. The Morgan fingerprint density at radius 2 is 2.22 bits per heavy atom. The van der Waals surface area contributed by atoms with Crippen LogP contribution in [0, 0.1) is 30.0 Å². The van der Waals surface area contributed by atoms with Crippen molar-refractivity contribution < 1.29 is 9.50 Å². The summed E-state index contributed by atoms with van der Waals surface area (Å²) >= 11 is 0. The second kappa shape index (κ2) is 4.34. The molecule has 2 bridgehead atoms. The molecule has 1 aromatic carbocycles. The Morgan fingerprint density at radius 3 is 2.78 bits per heavy atom. The van der Waals surface area contributed by atoms with Crippen molar-refractivity contribution in [2.75, 3.05) is 6.61 Å². The highest BCUT2D eigenvalue weighted by Crippen LogP contribution is 2.57. The summed E-state index contributed by atoms with van der Waals surface area (Å²) in [6.45, 7) is 2.25. The summed E-state index contributed by atoms with van der Waals surface area (Å²) in [6, 6.07) is 5.04. The fourth-order valence-corrected chi connectivity index (χ4v) is 4.26. The van der Waals surface area contributed by atoms with Gasteiger partial charge in [0, 0.05) is 12.0 Å². The van der Waals surface area contributed by atoms with Gasteiger partial charge in [0.25, 0.3) is 0 Å². The molecule has 0 saturated heterocycles. The summed E-state index contributed by atoms with van der Waals surface area (Å²) < 4.78 is 13.1. The molecule has 1 aromatic rings. The Bertz CT molecular complexity index is 456. The van der Waals surface area contributed by atoms with Crippen LogP contribution in [0.3, 0.4) is 0 Å². The minimum Gasteiger partial charge on any atom is -0.396 e. The normalized spacial score (nSPS) is 34.2. The summed E-state index contributed by atoms with van der Waals surface area (Å²) in [5.74, 6) is 1.34. The van der Waals surface area contributed by atoms with Gasteiger partial charge in [-0.3, -0.25) is 0 Å². The van der Waals surface area contributed by atoms with Crippen molar-refractivity contribution in [1.82, 2.24) is 0 Å². The third kappa shape index (κ3) is 1.87. The van der Waals surface area contributed by atoms with Crippen molar-refractivity contribution in [3.05, 3.63) is 35.1 Å². The smallest absolute Gasteiger partial charge is 0.123 e. The molecule has 0 aliphatic heterocycles. The van der Waals surface area contributed by atoms with Gasteiger partial charge in [-0.15, -0.1) is 0 Å². The number of hydrogen-bond acceptors (Lipinski definition) is 1. The maximum absolute atomic E-state index is 13.1. The molecular weight excluding hydrogens is 227 g/mol. The maximum Gasteiger partial charge on any atom is 0.123 e. The molecule has 1 N–H and O–H groups in total. The van der Waals surface area contributed by atoms with Crippen molar-refractivity contribution in [3.63, 3.8) is 0 Å². The van der Waals surface area contributed by atoms with E-state index >= 15 is 0 Å². The van der Waals surface area contributed by atoms with Crippen molar-refractivity contribution in [1.29, 1.82) is 0 Å². The molecular formula is C16H21FO. The lowest BCUT2D eigenvalue weighted by atomic mass is 9.69. The first-order valence-corrected chi connectivity index (χ1v) is 6.99. The topological polar surface area (TPSA) is 20.2 Å². The SMILES string of the molecule is Cc1cc(F)ccc1CC1(CO)CC2CCC1C2. The summed E-state index contributed by atoms with van der Waals surface area (Å²) in [7, 11) is 0. The van der Waals surface area contributed by atoms with Crippen molar-refractivity contribution in [3.8, 4) is 0 Å². The largest absolute Gasteiger partial charge is 0.396 e. The molecule has 3 unspecified atom stereocenters. The van der Waals surface area contributed by atoms with Crippen LogP contribution in [0.25, 0.3) is 0 Å². The van der Waals surface area contributed by atoms with E-state index in [1.165, 1.54) is 24.8 Å². The molecule has 2 saturated carbocycles. The number of aliphatic hydroxyl groups excluding tert-OH is 1. The van der Waals surface area contributed by atoms with Crippen LogP contribution < -0.4 is 0 Å². The lowest BCUT2D eigenvalue weighted by molar-refractivity contribution is 0.0650. The molecule has 3 atom stereocenters. The number of fused-ring (bicyclic) bond motifs is 2. The molecule has 0 amide bonds. The van der Waals surface area contributed by atoms with Crippen LogP contribution in [0.5, 0.6) is 0 Å². The Kier molecular flexibility index (Phi) is 2.93. The molecule has 1 nitrogen and oxygen atoms in total. The number of aryl methyl sites for hydroxylation is 1. The van der Waals surface area contributed by atoms with Crippen LogP contribution in [0.15, 0.2) is 18.2 Å². The standard InChI is InChI=1S/C16H21FO/c1-11-6-15(17)5-3-13(11)9-16(10-18)8-12-2-4-14(16)7-12/h3,5-6,12,14,18H,2,4,7-10H2,1H3. The Balaban J connectivity index is 1.86. The second-order valence-electron chi connectivity index (χ2n) is 6.35. The third-order valence-electron chi connectivity index (χ3n) is 5.26. The van der Waals surface area contributed by atoms with Gasteiger partial charge in [0.2, 0.25) is 0 Å². The number of rotatable bonds is 3. The van der Waals surface area contributed by atoms with Gasteiger partial charge in [0.05, 0.1) is 0 Å². The Labute approximate surface area is 108 Å². The Morgan fingerprint density at radius 1 is 1.39 bits per heavy atom. The number of halogens is 1.